The van der Waals surface area contributed by atoms with E-state index < -0.39 is 11.5 Å². The van der Waals surface area contributed by atoms with Crippen molar-refractivity contribution in [3.8, 4) is 0 Å². The minimum Gasteiger partial charge on any atom is -0.502 e. The third-order valence-electron chi connectivity index (χ3n) is 4.02. The minimum absolute atomic E-state index is 0.0562. The second kappa shape index (κ2) is 5.37. The number of aliphatic hydroxyl groups is 1. The second-order valence-corrected chi connectivity index (χ2v) is 6.92. The fraction of sp³-hybridized carbons (Fsp3) is 0.471. The molecular formula is C17H20N2O4. The highest BCUT2D eigenvalue weighted by atomic mass is 16.6. The molecule has 2 aliphatic rings. The lowest BCUT2D eigenvalue weighted by molar-refractivity contribution is -0.114. The van der Waals surface area contributed by atoms with Gasteiger partial charge in [0.2, 0.25) is 0 Å². The maximum atomic E-state index is 12.2. The number of carbonyl (C=O) groups excluding carboxylic acids is 2. The van der Waals surface area contributed by atoms with E-state index in [1.165, 1.54) is 0 Å². The Kier molecular flexibility index (Phi) is 3.62. The number of aliphatic hydroxyl groups excluding tert-OH is 1. The van der Waals surface area contributed by atoms with Crippen LogP contribution in [0.2, 0.25) is 0 Å². The Bertz CT molecular complexity index is 792. The van der Waals surface area contributed by atoms with Crippen molar-refractivity contribution >= 4 is 17.8 Å². The summed E-state index contributed by atoms with van der Waals surface area (Å²) in [4.78, 5) is 29.3. The van der Waals surface area contributed by atoms with Crippen LogP contribution in [0.25, 0.3) is 5.76 Å². The summed E-state index contributed by atoms with van der Waals surface area (Å²) in [5.74, 6) is -0.846. The molecule has 0 bridgehead atoms. The zero-order valence-electron chi connectivity index (χ0n) is 13.5. The van der Waals surface area contributed by atoms with Gasteiger partial charge in [0.25, 0.3) is 0 Å². The monoisotopic (exact) mass is 316 g/mol. The maximum absolute atomic E-state index is 12.2. The lowest BCUT2D eigenvalue weighted by Gasteiger charge is -2.24. The van der Waals surface area contributed by atoms with E-state index in [1.807, 2.05) is 32.9 Å². The fourth-order valence-electron chi connectivity index (χ4n) is 3.02. The van der Waals surface area contributed by atoms with E-state index >= 15 is 0 Å². The summed E-state index contributed by atoms with van der Waals surface area (Å²) >= 11 is 0. The van der Waals surface area contributed by atoms with Gasteiger partial charge in [0.05, 0.1) is 10.6 Å². The van der Waals surface area contributed by atoms with Crippen molar-refractivity contribution in [2.45, 2.75) is 38.7 Å². The van der Waals surface area contributed by atoms with Gasteiger partial charge in [-0.2, -0.15) is 0 Å². The molecule has 1 aromatic carbocycles. The van der Waals surface area contributed by atoms with Crippen LogP contribution < -0.4 is 10.6 Å². The Labute approximate surface area is 134 Å². The number of amides is 2. The molecule has 0 radical (unpaired) electrons. The van der Waals surface area contributed by atoms with Gasteiger partial charge >= 0.3 is 12.0 Å². The average molecular weight is 316 g/mol. The van der Waals surface area contributed by atoms with Crippen LogP contribution in [-0.2, 0) is 9.53 Å². The first-order valence-electron chi connectivity index (χ1n) is 7.69. The molecule has 1 atom stereocenters. The standard InChI is InChI=1S/C17H20N2O4/c1-17(2,3)23-16(22)19-8-7-10(9-19)11-5-4-6-12-13(11)14(20)15(21)18-12/h4-6,10H,7-9H2,1-3H3,(H,18,20,21). The topological polar surface area (TPSA) is 79.2 Å². The zero-order chi connectivity index (χ0) is 16.8. The van der Waals surface area contributed by atoms with E-state index in [9.17, 15) is 14.7 Å². The summed E-state index contributed by atoms with van der Waals surface area (Å²) in [5.41, 5.74) is 0.334. The Morgan fingerprint density at radius 1 is 1.39 bits per heavy atom. The lowest BCUT2D eigenvalue weighted by Crippen LogP contribution is -2.36. The first-order valence-corrected chi connectivity index (χ1v) is 7.69. The van der Waals surface area contributed by atoms with Crippen LogP contribution >= 0.6 is 0 Å². The zero-order valence-corrected chi connectivity index (χ0v) is 13.5. The molecule has 3 rings (SSSR count). The Hall–Kier alpha value is -2.37. The molecule has 2 aliphatic heterocycles. The molecule has 1 fully saturated rings. The van der Waals surface area contributed by atoms with Crippen LogP contribution in [0.4, 0.5) is 4.79 Å². The van der Waals surface area contributed by atoms with Gasteiger partial charge < -0.3 is 14.7 Å². The van der Waals surface area contributed by atoms with Crippen molar-refractivity contribution < 1.29 is 19.4 Å². The molecule has 6 nitrogen and oxygen atoms in total. The first-order chi connectivity index (χ1) is 10.8. The van der Waals surface area contributed by atoms with E-state index in [1.54, 1.807) is 11.0 Å². The van der Waals surface area contributed by atoms with Gasteiger partial charge in [-0.25, -0.2) is 9.79 Å². The molecule has 2 heterocycles. The predicted octanol–water partition coefficient (Wildman–Crippen LogP) is 1.24. The van der Waals surface area contributed by atoms with Crippen molar-refractivity contribution in [3.05, 3.63) is 34.3 Å². The minimum atomic E-state index is -0.602. The summed E-state index contributed by atoms with van der Waals surface area (Å²) in [6.45, 7) is 6.61. The van der Waals surface area contributed by atoms with E-state index in [0.717, 1.165) is 12.0 Å². The average Bonchev–Trinajstić information content (AvgIpc) is 3.03. The lowest BCUT2D eigenvalue weighted by atomic mass is 9.96. The van der Waals surface area contributed by atoms with E-state index in [-0.39, 0.29) is 17.8 Å². The van der Waals surface area contributed by atoms with Gasteiger partial charge in [-0.3, -0.25) is 4.79 Å². The quantitative estimate of drug-likeness (QED) is 0.845. The first kappa shape index (κ1) is 15.5. The molecule has 0 saturated carbocycles. The number of carbonyl (C=O) groups is 2. The van der Waals surface area contributed by atoms with Gasteiger partial charge in [0.1, 0.15) is 5.60 Å². The number of likely N-dealkylation sites (tertiary alicyclic amines) is 1. The summed E-state index contributed by atoms with van der Waals surface area (Å²) in [5, 5.41) is 11.0. The van der Waals surface area contributed by atoms with E-state index in [0.29, 0.717) is 23.7 Å². The number of nitrogens with zero attached hydrogens (tertiary/aromatic N) is 2. The summed E-state index contributed by atoms with van der Waals surface area (Å²) < 4.78 is 5.40. The summed E-state index contributed by atoms with van der Waals surface area (Å²) in [6.07, 6.45) is 0.429. The number of fused-ring (bicyclic) bond motifs is 1. The molecule has 1 saturated heterocycles. The van der Waals surface area contributed by atoms with Crippen LogP contribution in [0.15, 0.2) is 23.2 Å². The number of ether oxygens (including phenoxy) is 1. The van der Waals surface area contributed by atoms with Gasteiger partial charge in [-0.1, -0.05) is 12.1 Å². The third-order valence-corrected chi connectivity index (χ3v) is 4.02. The van der Waals surface area contributed by atoms with Gasteiger partial charge in [0.15, 0.2) is 5.76 Å². The van der Waals surface area contributed by atoms with Gasteiger partial charge in [0, 0.05) is 19.0 Å². The van der Waals surface area contributed by atoms with Crippen molar-refractivity contribution in [2.24, 2.45) is 4.99 Å². The molecule has 2 amide bonds. The van der Waals surface area contributed by atoms with E-state index in [2.05, 4.69) is 4.99 Å². The molecule has 1 aromatic rings. The van der Waals surface area contributed by atoms with Crippen molar-refractivity contribution in [1.29, 1.82) is 0 Å². The fourth-order valence-corrected chi connectivity index (χ4v) is 3.02. The van der Waals surface area contributed by atoms with Crippen molar-refractivity contribution in [3.63, 3.8) is 0 Å². The molecule has 122 valence electrons. The summed E-state index contributed by atoms with van der Waals surface area (Å²) in [6, 6.07) is 5.41. The Balaban J connectivity index is 1.85. The number of benzene rings is 1. The van der Waals surface area contributed by atoms with E-state index in [4.69, 9.17) is 4.74 Å². The van der Waals surface area contributed by atoms with Crippen LogP contribution in [0.3, 0.4) is 0 Å². The molecular weight excluding hydrogens is 296 g/mol. The highest BCUT2D eigenvalue weighted by Gasteiger charge is 2.32. The van der Waals surface area contributed by atoms with Crippen LogP contribution in [-0.4, -0.2) is 40.7 Å². The normalized spacial score (nSPS) is 20.5. The Morgan fingerprint density at radius 2 is 2.13 bits per heavy atom. The number of hydrogen-bond acceptors (Lipinski definition) is 4. The van der Waals surface area contributed by atoms with Crippen LogP contribution in [0.1, 0.15) is 38.7 Å². The van der Waals surface area contributed by atoms with Crippen LogP contribution in [0, 0.1) is 0 Å². The summed E-state index contributed by atoms with van der Waals surface area (Å²) in [7, 11) is 0. The highest BCUT2D eigenvalue weighted by molar-refractivity contribution is 6.11. The molecule has 1 unspecified atom stereocenters. The molecule has 0 aromatic heterocycles. The van der Waals surface area contributed by atoms with Crippen LogP contribution in [0.5, 0.6) is 0 Å². The molecule has 23 heavy (non-hydrogen) atoms. The van der Waals surface area contributed by atoms with Gasteiger partial charge in [-0.15, -0.1) is 0 Å². The number of hydrogen-bond donors (Lipinski definition) is 1. The second-order valence-electron chi connectivity index (χ2n) is 6.92. The third kappa shape index (κ3) is 2.93. The van der Waals surface area contributed by atoms with Crippen molar-refractivity contribution in [2.75, 3.05) is 13.1 Å². The maximum Gasteiger partial charge on any atom is 0.410 e. The smallest absolute Gasteiger partial charge is 0.410 e. The Morgan fingerprint density at radius 3 is 2.83 bits per heavy atom. The largest absolute Gasteiger partial charge is 0.502 e. The molecule has 6 heteroatoms. The highest BCUT2D eigenvalue weighted by Crippen LogP contribution is 2.26. The predicted molar refractivity (Wildman–Crippen MR) is 83.4 cm³/mol. The molecule has 1 N–H and O–H groups in total. The van der Waals surface area contributed by atoms with Crippen molar-refractivity contribution in [1.82, 2.24) is 4.90 Å². The van der Waals surface area contributed by atoms with Gasteiger partial charge in [-0.05, 0) is 38.8 Å². The molecule has 0 spiro atoms. The SMILES string of the molecule is CC(C)(C)OC(=O)N1CCC(c2cccc3c2=C(O)C(=O)N=3)C1. The molecule has 0 aliphatic carbocycles. The number of rotatable bonds is 1.